The zero-order chi connectivity index (χ0) is 25.7. The molecule has 1 aliphatic rings. The fourth-order valence-electron chi connectivity index (χ4n) is 4.07. The van der Waals surface area contributed by atoms with Crippen molar-refractivity contribution in [2.75, 3.05) is 31.3 Å². The number of nitrogens with one attached hydrogen (secondary N) is 1. The Kier molecular flexibility index (Phi) is 8.50. The molecule has 0 bridgehead atoms. The molecule has 4 rings (SSSR count). The van der Waals surface area contributed by atoms with Crippen LogP contribution in [0, 0.1) is 5.92 Å². The minimum absolute atomic E-state index is 0.223. The summed E-state index contributed by atoms with van der Waals surface area (Å²) in [6.07, 6.45) is 2.74. The van der Waals surface area contributed by atoms with Gasteiger partial charge in [-0.05, 0) is 61.9 Å². The van der Waals surface area contributed by atoms with Gasteiger partial charge in [0.2, 0.25) is 15.9 Å². The van der Waals surface area contributed by atoms with Gasteiger partial charge in [0.05, 0.1) is 17.2 Å². The molecule has 1 amide bonds. The lowest BCUT2D eigenvalue weighted by atomic mass is 9.97. The standard InChI is InChI=1S/C26H28N2O5S3/c1-3-33-26(30)24-22(17-23(35-24)18-7-5-4-6-8-18)27-25(29)19-13-15-28(16-14-19)36(31,32)21-11-9-20(34-2)10-12-21/h4-12,17,19H,3,13-16H2,1-2H3,(H,27,29). The zero-order valence-electron chi connectivity index (χ0n) is 20.1. The molecule has 7 nitrogen and oxygen atoms in total. The number of thiophene rings is 1. The van der Waals surface area contributed by atoms with E-state index in [2.05, 4.69) is 5.32 Å². The number of esters is 1. The molecule has 1 aliphatic heterocycles. The summed E-state index contributed by atoms with van der Waals surface area (Å²) < 4.78 is 32.7. The SMILES string of the molecule is CCOC(=O)c1sc(-c2ccccc2)cc1NC(=O)C1CCN(S(=O)(=O)c2ccc(SC)cc2)CC1. The first-order valence-corrected chi connectivity index (χ1v) is 15.1. The highest BCUT2D eigenvalue weighted by Gasteiger charge is 2.33. The lowest BCUT2D eigenvalue weighted by Crippen LogP contribution is -2.41. The summed E-state index contributed by atoms with van der Waals surface area (Å²) in [5.74, 6) is -1.06. The number of hydrogen-bond acceptors (Lipinski definition) is 7. The molecule has 2 heterocycles. The van der Waals surface area contributed by atoms with Crippen molar-refractivity contribution < 1.29 is 22.7 Å². The highest BCUT2D eigenvalue weighted by atomic mass is 32.2. The Balaban J connectivity index is 1.45. The monoisotopic (exact) mass is 544 g/mol. The second-order valence-corrected chi connectivity index (χ2v) is 12.2. The van der Waals surface area contributed by atoms with Crippen LogP contribution in [0.2, 0.25) is 0 Å². The second kappa shape index (κ2) is 11.6. The number of anilines is 1. The Labute approximate surface area is 219 Å². The number of carbonyl (C=O) groups excluding carboxylic acids is 2. The van der Waals surface area contributed by atoms with Gasteiger partial charge in [-0.1, -0.05) is 30.3 Å². The molecule has 10 heteroatoms. The number of thioether (sulfide) groups is 1. The number of sulfonamides is 1. The number of carbonyl (C=O) groups is 2. The third kappa shape index (κ3) is 5.83. The van der Waals surface area contributed by atoms with E-state index in [0.29, 0.717) is 23.4 Å². The van der Waals surface area contributed by atoms with Crippen molar-refractivity contribution in [3.8, 4) is 10.4 Å². The van der Waals surface area contributed by atoms with Crippen LogP contribution in [0.15, 0.2) is 70.5 Å². The maximum atomic E-state index is 13.1. The molecule has 0 saturated carbocycles. The van der Waals surface area contributed by atoms with E-state index < -0.39 is 16.0 Å². The fourth-order valence-corrected chi connectivity index (χ4v) is 6.96. The van der Waals surface area contributed by atoms with Gasteiger partial charge in [0.1, 0.15) is 4.88 Å². The highest BCUT2D eigenvalue weighted by Crippen LogP contribution is 2.36. The van der Waals surface area contributed by atoms with Crippen LogP contribution >= 0.6 is 23.1 Å². The summed E-state index contributed by atoms with van der Waals surface area (Å²) in [6, 6.07) is 18.3. The van der Waals surface area contributed by atoms with Gasteiger partial charge >= 0.3 is 5.97 Å². The molecular weight excluding hydrogens is 516 g/mol. The Morgan fingerprint density at radius 3 is 2.36 bits per heavy atom. The van der Waals surface area contributed by atoms with Gasteiger partial charge in [0.25, 0.3) is 0 Å². The average molecular weight is 545 g/mol. The van der Waals surface area contributed by atoms with Crippen LogP contribution in [0.5, 0.6) is 0 Å². The van der Waals surface area contributed by atoms with E-state index in [1.165, 1.54) is 15.6 Å². The second-order valence-electron chi connectivity index (χ2n) is 8.28. The fraction of sp³-hybridized carbons (Fsp3) is 0.308. The van der Waals surface area contributed by atoms with Gasteiger partial charge < -0.3 is 10.1 Å². The van der Waals surface area contributed by atoms with Crippen LogP contribution in [0.4, 0.5) is 5.69 Å². The molecule has 190 valence electrons. The number of ether oxygens (including phenoxy) is 1. The van der Waals surface area contributed by atoms with Crippen molar-refractivity contribution in [3.63, 3.8) is 0 Å². The van der Waals surface area contributed by atoms with E-state index in [1.54, 1.807) is 49.0 Å². The van der Waals surface area contributed by atoms with Gasteiger partial charge in [0, 0.05) is 28.8 Å². The topological polar surface area (TPSA) is 92.8 Å². The van der Waals surface area contributed by atoms with Gasteiger partial charge in [-0.25, -0.2) is 13.2 Å². The van der Waals surface area contributed by atoms with Crippen LogP contribution in [-0.4, -0.2) is 50.6 Å². The van der Waals surface area contributed by atoms with Crippen molar-refractivity contribution >= 4 is 50.7 Å². The van der Waals surface area contributed by atoms with Crippen molar-refractivity contribution in [1.82, 2.24) is 4.31 Å². The maximum Gasteiger partial charge on any atom is 0.350 e. The lowest BCUT2D eigenvalue weighted by Gasteiger charge is -2.30. The molecule has 1 fully saturated rings. The summed E-state index contributed by atoms with van der Waals surface area (Å²) in [4.78, 5) is 28.1. The van der Waals surface area contributed by atoms with Crippen molar-refractivity contribution in [2.45, 2.75) is 29.6 Å². The highest BCUT2D eigenvalue weighted by molar-refractivity contribution is 7.98. The van der Waals surface area contributed by atoms with E-state index in [0.717, 1.165) is 15.3 Å². The van der Waals surface area contributed by atoms with E-state index in [-0.39, 0.29) is 36.4 Å². The van der Waals surface area contributed by atoms with Crippen molar-refractivity contribution in [2.24, 2.45) is 5.92 Å². The molecule has 1 N–H and O–H groups in total. The molecule has 0 aliphatic carbocycles. The quantitative estimate of drug-likeness (QED) is 0.303. The minimum Gasteiger partial charge on any atom is -0.462 e. The molecular formula is C26H28N2O5S3. The van der Waals surface area contributed by atoms with Gasteiger partial charge in [-0.15, -0.1) is 23.1 Å². The van der Waals surface area contributed by atoms with Gasteiger partial charge in [-0.2, -0.15) is 4.31 Å². The molecule has 0 atom stereocenters. The average Bonchev–Trinajstić information content (AvgIpc) is 3.33. The van der Waals surface area contributed by atoms with Crippen molar-refractivity contribution in [1.29, 1.82) is 0 Å². The molecule has 1 saturated heterocycles. The summed E-state index contributed by atoms with van der Waals surface area (Å²) in [5, 5.41) is 2.91. The molecule has 3 aromatic rings. The van der Waals surface area contributed by atoms with Crippen LogP contribution in [0.1, 0.15) is 29.4 Å². The van der Waals surface area contributed by atoms with E-state index >= 15 is 0 Å². The van der Waals surface area contributed by atoms with Gasteiger partial charge in [0.15, 0.2) is 0 Å². The largest absolute Gasteiger partial charge is 0.462 e. The Morgan fingerprint density at radius 2 is 1.75 bits per heavy atom. The number of rotatable bonds is 8. The van der Waals surface area contributed by atoms with Gasteiger partial charge in [-0.3, -0.25) is 4.79 Å². The van der Waals surface area contributed by atoms with Crippen LogP contribution < -0.4 is 5.32 Å². The summed E-state index contributed by atoms with van der Waals surface area (Å²) in [6.45, 7) is 2.49. The third-order valence-corrected chi connectivity index (χ3v) is 9.85. The predicted octanol–water partition coefficient (Wildman–Crippen LogP) is 5.35. The van der Waals surface area contributed by atoms with E-state index in [4.69, 9.17) is 4.74 Å². The summed E-state index contributed by atoms with van der Waals surface area (Å²) in [5.41, 5.74) is 1.36. The molecule has 0 unspecified atom stereocenters. The third-order valence-electron chi connectivity index (χ3n) is 6.03. The number of benzene rings is 2. The van der Waals surface area contributed by atoms with E-state index in [9.17, 15) is 18.0 Å². The Hall–Kier alpha value is -2.66. The Bertz CT molecular complexity index is 1310. The summed E-state index contributed by atoms with van der Waals surface area (Å²) in [7, 11) is -3.61. The molecule has 1 aromatic heterocycles. The number of hydrogen-bond donors (Lipinski definition) is 1. The smallest absolute Gasteiger partial charge is 0.350 e. The molecule has 2 aromatic carbocycles. The van der Waals surface area contributed by atoms with E-state index in [1.807, 2.05) is 36.6 Å². The first-order chi connectivity index (χ1) is 17.3. The lowest BCUT2D eigenvalue weighted by molar-refractivity contribution is -0.120. The molecule has 0 spiro atoms. The zero-order valence-corrected chi connectivity index (χ0v) is 22.5. The number of amides is 1. The first kappa shape index (κ1) is 26.4. The first-order valence-electron chi connectivity index (χ1n) is 11.6. The minimum atomic E-state index is -3.61. The van der Waals surface area contributed by atoms with Crippen molar-refractivity contribution in [3.05, 3.63) is 65.5 Å². The Morgan fingerprint density at radius 1 is 1.08 bits per heavy atom. The van der Waals surface area contributed by atoms with Crippen LogP contribution in [-0.2, 0) is 19.6 Å². The maximum absolute atomic E-state index is 13.1. The molecule has 36 heavy (non-hydrogen) atoms. The number of nitrogens with zero attached hydrogens (tertiary/aromatic N) is 1. The normalized spacial score (nSPS) is 14.9. The van der Waals surface area contributed by atoms with Crippen LogP contribution in [0.3, 0.4) is 0 Å². The number of piperidine rings is 1. The molecule has 0 radical (unpaired) electrons. The van der Waals surface area contributed by atoms with Crippen LogP contribution in [0.25, 0.3) is 10.4 Å². The summed E-state index contributed by atoms with van der Waals surface area (Å²) >= 11 is 2.83. The predicted molar refractivity (Wildman–Crippen MR) is 144 cm³/mol.